The van der Waals surface area contributed by atoms with Crippen LogP contribution in [-0.2, 0) is 9.47 Å². The van der Waals surface area contributed by atoms with Crippen LogP contribution in [0.5, 0.6) is 0 Å². The van der Waals surface area contributed by atoms with Crippen molar-refractivity contribution < 1.29 is 14.3 Å². The Labute approximate surface area is 128 Å². The maximum atomic E-state index is 12.9. The Bertz CT molecular complexity index is 774. The molecule has 3 aliphatic rings. The van der Waals surface area contributed by atoms with E-state index < -0.39 is 5.79 Å². The number of piperidine rings is 1. The van der Waals surface area contributed by atoms with Gasteiger partial charge in [-0.25, -0.2) is 0 Å². The Hall–Kier alpha value is -1.91. The minimum atomic E-state index is -0.490. The lowest BCUT2D eigenvalue weighted by Crippen LogP contribution is -2.50. The fourth-order valence-electron chi connectivity index (χ4n) is 4.21. The van der Waals surface area contributed by atoms with Gasteiger partial charge in [0, 0.05) is 24.9 Å². The third kappa shape index (κ3) is 1.57. The van der Waals surface area contributed by atoms with Crippen molar-refractivity contribution in [1.29, 1.82) is 0 Å². The van der Waals surface area contributed by atoms with Crippen molar-refractivity contribution in [2.24, 2.45) is 0 Å². The van der Waals surface area contributed by atoms with Crippen LogP contribution in [0.4, 0.5) is 0 Å². The number of nitrogens with zero attached hydrogens (tertiary/aromatic N) is 1. The molecule has 2 aromatic carbocycles. The van der Waals surface area contributed by atoms with Crippen molar-refractivity contribution in [3.8, 4) is 0 Å². The van der Waals surface area contributed by atoms with Gasteiger partial charge in [0.15, 0.2) is 5.79 Å². The van der Waals surface area contributed by atoms with Crippen LogP contribution in [0.3, 0.4) is 0 Å². The second-order valence-corrected chi connectivity index (χ2v) is 6.33. The highest BCUT2D eigenvalue weighted by molar-refractivity contribution is 6.10. The number of carbonyl (C=O) groups is 1. The quantitative estimate of drug-likeness (QED) is 0.750. The first-order valence-corrected chi connectivity index (χ1v) is 7.88. The van der Waals surface area contributed by atoms with E-state index in [2.05, 4.69) is 24.3 Å². The topological polar surface area (TPSA) is 38.8 Å². The van der Waals surface area contributed by atoms with Crippen molar-refractivity contribution in [2.45, 2.75) is 24.7 Å². The van der Waals surface area contributed by atoms with E-state index >= 15 is 0 Å². The molecule has 4 heteroatoms. The molecule has 0 radical (unpaired) electrons. The zero-order valence-corrected chi connectivity index (χ0v) is 12.2. The molecule has 2 saturated heterocycles. The van der Waals surface area contributed by atoms with E-state index in [1.54, 1.807) is 0 Å². The monoisotopic (exact) mass is 295 g/mol. The molecule has 3 aliphatic heterocycles. The van der Waals surface area contributed by atoms with E-state index in [4.69, 9.17) is 9.47 Å². The summed E-state index contributed by atoms with van der Waals surface area (Å²) in [4.78, 5) is 14.9. The van der Waals surface area contributed by atoms with Gasteiger partial charge in [0.25, 0.3) is 5.91 Å². The van der Waals surface area contributed by atoms with E-state index in [0.29, 0.717) is 19.8 Å². The van der Waals surface area contributed by atoms with E-state index in [1.165, 1.54) is 5.56 Å². The van der Waals surface area contributed by atoms with Gasteiger partial charge in [0.2, 0.25) is 0 Å². The SMILES string of the molecule is O=C1c2cccc3cccc(c23)C2CC3(CCN12)OCCO3. The third-order valence-electron chi connectivity index (χ3n) is 5.21. The summed E-state index contributed by atoms with van der Waals surface area (Å²) >= 11 is 0. The lowest BCUT2D eigenvalue weighted by molar-refractivity contribution is -0.192. The molecule has 0 aliphatic carbocycles. The molecule has 0 saturated carbocycles. The first-order chi connectivity index (χ1) is 10.8. The van der Waals surface area contributed by atoms with E-state index in [0.717, 1.165) is 29.2 Å². The first-order valence-electron chi connectivity index (χ1n) is 7.88. The maximum Gasteiger partial charge on any atom is 0.255 e. The fourth-order valence-corrected chi connectivity index (χ4v) is 4.21. The summed E-state index contributed by atoms with van der Waals surface area (Å²) in [5.74, 6) is -0.349. The predicted molar refractivity (Wildman–Crippen MR) is 81.6 cm³/mol. The van der Waals surface area contributed by atoms with E-state index in [1.807, 2.05) is 17.0 Å². The smallest absolute Gasteiger partial charge is 0.255 e. The van der Waals surface area contributed by atoms with Crippen molar-refractivity contribution >= 4 is 16.7 Å². The first kappa shape index (κ1) is 12.6. The minimum absolute atomic E-state index is 0.0537. The lowest BCUT2D eigenvalue weighted by Gasteiger charge is -2.46. The predicted octanol–water partition coefficient (Wildman–Crippen LogP) is 2.87. The number of amides is 1. The molecule has 5 rings (SSSR count). The van der Waals surface area contributed by atoms with Crippen molar-refractivity contribution in [3.05, 3.63) is 47.5 Å². The van der Waals surface area contributed by atoms with Crippen LogP contribution in [0, 0.1) is 0 Å². The highest BCUT2D eigenvalue weighted by Crippen LogP contribution is 2.46. The molecular weight excluding hydrogens is 278 g/mol. The Morgan fingerprint density at radius 1 is 1.09 bits per heavy atom. The third-order valence-corrected chi connectivity index (χ3v) is 5.21. The second kappa shape index (κ2) is 4.31. The Morgan fingerprint density at radius 2 is 1.86 bits per heavy atom. The number of hydrogen-bond acceptors (Lipinski definition) is 3. The summed E-state index contributed by atoms with van der Waals surface area (Å²) in [7, 11) is 0. The summed E-state index contributed by atoms with van der Waals surface area (Å²) in [6.07, 6.45) is 1.49. The summed E-state index contributed by atoms with van der Waals surface area (Å²) in [5.41, 5.74) is 2.06. The highest BCUT2D eigenvalue weighted by Gasteiger charge is 2.48. The molecule has 0 aromatic heterocycles. The van der Waals surface area contributed by atoms with Crippen LogP contribution in [0.1, 0.15) is 34.8 Å². The summed E-state index contributed by atoms with van der Waals surface area (Å²) in [5, 5.41) is 2.24. The van der Waals surface area contributed by atoms with Crippen LogP contribution in [0.2, 0.25) is 0 Å². The maximum absolute atomic E-state index is 12.9. The van der Waals surface area contributed by atoms with Gasteiger partial charge in [0.05, 0.1) is 19.3 Å². The Balaban J connectivity index is 1.70. The molecule has 1 amide bonds. The number of rotatable bonds is 0. The molecule has 1 spiro atoms. The van der Waals surface area contributed by atoms with Gasteiger partial charge in [-0.05, 0) is 22.4 Å². The standard InChI is InChI=1S/C18H17NO3/c20-17-14-6-2-4-12-3-1-5-13(16(12)14)15-11-18(7-8-19(15)17)21-9-10-22-18/h1-6,15H,7-11H2. The second-order valence-electron chi connectivity index (χ2n) is 6.33. The van der Waals surface area contributed by atoms with Gasteiger partial charge in [-0.3, -0.25) is 4.79 Å². The molecule has 0 N–H and O–H groups in total. The highest BCUT2D eigenvalue weighted by atomic mass is 16.7. The zero-order valence-electron chi connectivity index (χ0n) is 12.2. The van der Waals surface area contributed by atoms with Gasteiger partial charge in [-0.2, -0.15) is 0 Å². The van der Waals surface area contributed by atoms with E-state index in [9.17, 15) is 4.79 Å². The summed E-state index contributed by atoms with van der Waals surface area (Å²) in [6, 6.07) is 12.3. The molecule has 0 bridgehead atoms. The zero-order chi connectivity index (χ0) is 14.7. The van der Waals surface area contributed by atoms with Crippen LogP contribution in [-0.4, -0.2) is 36.4 Å². The van der Waals surface area contributed by atoms with Crippen molar-refractivity contribution in [2.75, 3.05) is 19.8 Å². The van der Waals surface area contributed by atoms with Gasteiger partial charge < -0.3 is 14.4 Å². The molecule has 3 heterocycles. The van der Waals surface area contributed by atoms with Crippen LogP contribution in [0.25, 0.3) is 10.8 Å². The molecular formula is C18H17NO3. The lowest BCUT2D eigenvalue weighted by atomic mass is 9.83. The minimum Gasteiger partial charge on any atom is -0.347 e. The molecule has 22 heavy (non-hydrogen) atoms. The molecule has 1 atom stereocenters. The van der Waals surface area contributed by atoms with Gasteiger partial charge in [0.1, 0.15) is 0 Å². The van der Waals surface area contributed by atoms with E-state index in [-0.39, 0.29) is 11.9 Å². The molecule has 112 valence electrons. The number of fused-ring (bicyclic) bond motifs is 2. The largest absolute Gasteiger partial charge is 0.347 e. The van der Waals surface area contributed by atoms with Crippen molar-refractivity contribution in [3.63, 3.8) is 0 Å². The molecule has 4 nitrogen and oxygen atoms in total. The molecule has 2 fully saturated rings. The average Bonchev–Trinajstić information content (AvgIpc) is 3.00. The number of ether oxygens (including phenoxy) is 2. The number of carbonyl (C=O) groups excluding carboxylic acids is 1. The fraction of sp³-hybridized carbons (Fsp3) is 0.389. The number of hydrogen-bond donors (Lipinski definition) is 0. The number of benzene rings is 2. The average molecular weight is 295 g/mol. The molecule has 2 aromatic rings. The Morgan fingerprint density at radius 3 is 2.68 bits per heavy atom. The van der Waals surface area contributed by atoms with Gasteiger partial charge in [-0.1, -0.05) is 30.3 Å². The van der Waals surface area contributed by atoms with Gasteiger partial charge >= 0.3 is 0 Å². The summed E-state index contributed by atoms with van der Waals surface area (Å²) in [6.45, 7) is 2.00. The van der Waals surface area contributed by atoms with Crippen molar-refractivity contribution in [1.82, 2.24) is 4.90 Å². The van der Waals surface area contributed by atoms with Crippen LogP contribution in [0.15, 0.2) is 36.4 Å². The van der Waals surface area contributed by atoms with Gasteiger partial charge in [-0.15, -0.1) is 0 Å². The normalized spacial score (nSPS) is 25.7. The van der Waals surface area contributed by atoms with Crippen LogP contribution < -0.4 is 0 Å². The molecule has 1 unspecified atom stereocenters. The Kier molecular flexibility index (Phi) is 2.47. The summed E-state index contributed by atoms with van der Waals surface area (Å²) < 4.78 is 11.8. The van der Waals surface area contributed by atoms with Crippen LogP contribution >= 0.6 is 0 Å².